The van der Waals surface area contributed by atoms with E-state index in [1.54, 1.807) is 24.3 Å². The first kappa shape index (κ1) is 21.4. The van der Waals surface area contributed by atoms with Crippen LogP contribution >= 0.6 is 11.6 Å². The lowest BCUT2D eigenvalue weighted by atomic mass is 10.1. The predicted molar refractivity (Wildman–Crippen MR) is 123 cm³/mol. The molecule has 5 rings (SSSR count). The maximum absolute atomic E-state index is 13.0. The number of rotatable bonds is 5. The predicted octanol–water partition coefficient (Wildman–Crippen LogP) is 4.09. The molecule has 0 saturated carbocycles. The number of nitrogens with zero attached hydrogens (tertiary/aromatic N) is 6. The van der Waals surface area contributed by atoms with Crippen molar-refractivity contribution >= 4 is 34.8 Å². The highest BCUT2D eigenvalue weighted by Gasteiger charge is 2.25. The van der Waals surface area contributed by atoms with Crippen molar-refractivity contribution in [3.8, 4) is 11.5 Å². The summed E-state index contributed by atoms with van der Waals surface area (Å²) < 4.78 is 11.5. The van der Waals surface area contributed by atoms with Gasteiger partial charge in [-0.05, 0) is 42.3 Å². The minimum absolute atomic E-state index is 0.0155. The second kappa shape index (κ2) is 8.82. The Balaban J connectivity index is 1.22. The molecule has 4 heterocycles. The highest BCUT2D eigenvalue weighted by molar-refractivity contribution is 6.29. The number of benzene rings is 1. The number of hydrogen-bond acceptors (Lipinski definition) is 8. The molecule has 1 amide bonds. The average Bonchev–Trinajstić information content (AvgIpc) is 3.45. The molecule has 1 aliphatic heterocycles. The standard InChI is InChI=1S/C23H23ClN6O3/c1-14(2)13-19-27-28-21(33-19)15-3-5-16(6-4-15)22(31)29-9-11-30(12-10-29)23-26-20-17(32-23)7-8-18(24)25-20/h3-8,14H,9-13H2,1-2H3. The Morgan fingerprint density at radius 1 is 1.00 bits per heavy atom. The van der Waals surface area contributed by atoms with Gasteiger partial charge in [0.05, 0.1) is 0 Å². The highest BCUT2D eigenvalue weighted by Crippen LogP contribution is 2.24. The van der Waals surface area contributed by atoms with Gasteiger partial charge < -0.3 is 18.6 Å². The number of piperazine rings is 1. The van der Waals surface area contributed by atoms with Crippen LogP contribution in [0.3, 0.4) is 0 Å². The number of carbonyl (C=O) groups is 1. The first-order valence-electron chi connectivity index (χ1n) is 10.9. The quantitative estimate of drug-likeness (QED) is 0.405. The van der Waals surface area contributed by atoms with Crippen molar-refractivity contribution in [1.82, 2.24) is 25.1 Å². The molecule has 1 aromatic carbocycles. The number of anilines is 1. The van der Waals surface area contributed by atoms with Gasteiger partial charge in [0.25, 0.3) is 11.9 Å². The zero-order valence-electron chi connectivity index (χ0n) is 18.4. The lowest BCUT2D eigenvalue weighted by molar-refractivity contribution is 0.0745. The molecule has 10 heteroatoms. The lowest BCUT2D eigenvalue weighted by Crippen LogP contribution is -2.48. The monoisotopic (exact) mass is 466 g/mol. The van der Waals surface area contributed by atoms with Gasteiger partial charge in [-0.3, -0.25) is 4.79 Å². The van der Waals surface area contributed by atoms with Crippen molar-refractivity contribution in [2.45, 2.75) is 20.3 Å². The van der Waals surface area contributed by atoms with Gasteiger partial charge in [0.1, 0.15) is 5.15 Å². The molecule has 33 heavy (non-hydrogen) atoms. The van der Waals surface area contributed by atoms with Gasteiger partial charge in [-0.2, -0.15) is 4.98 Å². The second-order valence-corrected chi connectivity index (χ2v) is 8.79. The van der Waals surface area contributed by atoms with Crippen LogP contribution in [0, 0.1) is 5.92 Å². The second-order valence-electron chi connectivity index (χ2n) is 8.41. The minimum atomic E-state index is -0.0155. The summed E-state index contributed by atoms with van der Waals surface area (Å²) >= 11 is 5.93. The molecule has 170 valence electrons. The van der Waals surface area contributed by atoms with Gasteiger partial charge in [-0.15, -0.1) is 10.2 Å². The normalized spacial score (nSPS) is 14.4. The molecule has 0 radical (unpaired) electrons. The van der Waals surface area contributed by atoms with Crippen LogP contribution in [0.1, 0.15) is 30.1 Å². The number of oxazole rings is 1. The van der Waals surface area contributed by atoms with Crippen LogP contribution in [-0.2, 0) is 6.42 Å². The third-order valence-electron chi connectivity index (χ3n) is 5.47. The third kappa shape index (κ3) is 4.54. The topological polar surface area (TPSA) is 101 Å². The number of carbonyl (C=O) groups excluding carboxylic acids is 1. The third-order valence-corrected chi connectivity index (χ3v) is 5.68. The van der Waals surface area contributed by atoms with E-state index in [1.807, 2.05) is 21.9 Å². The number of fused-ring (bicyclic) bond motifs is 1. The SMILES string of the molecule is CC(C)Cc1nnc(-c2ccc(C(=O)N3CCN(c4nc5nc(Cl)ccc5o4)CC3)cc2)o1. The molecule has 1 aliphatic rings. The van der Waals surface area contributed by atoms with E-state index >= 15 is 0 Å². The van der Waals surface area contributed by atoms with Crippen molar-refractivity contribution in [1.29, 1.82) is 0 Å². The highest BCUT2D eigenvalue weighted by atomic mass is 35.5. The van der Waals surface area contributed by atoms with E-state index in [2.05, 4.69) is 34.0 Å². The fourth-order valence-corrected chi connectivity index (χ4v) is 3.90. The van der Waals surface area contributed by atoms with Gasteiger partial charge in [-0.25, -0.2) is 4.98 Å². The Hall–Kier alpha value is -3.46. The maximum atomic E-state index is 13.0. The molecule has 0 atom stereocenters. The van der Waals surface area contributed by atoms with Gasteiger partial charge in [0, 0.05) is 43.7 Å². The Labute approximate surface area is 195 Å². The molecule has 0 N–H and O–H groups in total. The first-order chi connectivity index (χ1) is 16.0. The van der Waals surface area contributed by atoms with Crippen molar-refractivity contribution in [3.63, 3.8) is 0 Å². The van der Waals surface area contributed by atoms with Gasteiger partial charge in [0.2, 0.25) is 17.4 Å². The van der Waals surface area contributed by atoms with E-state index in [-0.39, 0.29) is 5.91 Å². The summed E-state index contributed by atoms with van der Waals surface area (Å²) in [7, 11) is 0. The van der Waals surface area contributed by atoms with Crippen LogP contribution < -0.4 is 4.90 Å². The van der Waals surface area contributed by atoms with Crippen LogP contribution in [-0.4, -0.2) is 57.2 Å². The number of aromatic nitrogens is 4. The fourth-order valence-electron chi connectivity index (χ4n) is 3.76. The average molecular weight is 467 g/mol. The summed E-state index contributed by atoms with van der Waals surface area (Å²) in [4.78, 5) is 25.4. The van der Waals surface area contributed by atoms with Gasteiger partial charge >= 0.3 is 0 Å². The molecule has 0 spiro atoms. The van der Waals surface area contributed by atoms with E-state index < -0.39 is 0 Å². The summed E-state index contributed by atoms with van der Waals surface area (Å²) in [6.45, 7) is 6.57. The van der Waals surface area contributed by atoms with E-state index in [0.29, 0.717) is 71.8 Å². The summed E-state index contributed by atoms with van der Waals surface area (Å²) in [6, 6.07) is 11.2. The summed E-state index contributed by atoms with van der Waals surface area (Å²) in [5, 5.41) is 8.59. The van der Waals surface area contributed by atoms with Crippen LogP contribution in [0.4, 0.5) is 6.01 Å². The van der Waals surface area contributed by atoms with E-state index in [9.17, 15) is 4.79 Å². The molecule has 1 fully saturated rings. The number of hydrogen-bond donors (Lipinski definition) is 0. The van der Waals surface area contributed by atoms with E-state index in [4.69, 9.17) is 20.4 Å². The van der Waals surface area contributed by atoms with Crippen molar-refractivity contribution in [2.75, 3.05) is 31.1 Å². The largest absolute Gasteiger partial charge is 0.422 e. The Bertz CT molecular complexity index is 1280. The Kier molecular flexibility index (Phi) is 5.72. The first-order valence-corrected chi connectivity index (χ1v) is 11.2. The summed E-state index contributed by atoms with van der Waals surface area (Å²) in [5.41, 5.74) is 2.48. The molecule has 3 aromatic heterocycles. The Morgan fingerprint density at radius 2 is 1.76 bits per heavy atom. The van der Waals surface area contributed by atoms with Crippen molar-refractivity contribution in [2.24, 2.45) is 5.92 Å². The molecule has 9 nitrogen and oxygen atoms in total. The number of amides is 1. The van der Waals surface area contributed by atoms with Crippen molar-refractivity contribution < 1.29 is 13.6 Å². The van der Waals surface area contributed by atoms with Crippen LogP contribution in [0.25, 0.3) is 22.7 Å². The van der Waals surface area contributed by atoms with E-state index in [0.717, 1.165) is 12.0 Å². The lowest BCUT2D eigenvalue weighted by Gasteiger charge is -2.33. The molecular formula is C23H23ClN6O3. The van der Waals surface area contributed by atoms with Crippen LogP contribution in [0.15, 0.2) is 45.2 Å². The molecular weight excluding hydrogens is 444 g/mol. The van der Waals surface area contributed by atoms with Gasteiger partial charge in [-0.1, -0.05) is 25.4 Å². The molecule has 0 bridgehead atoms. The minimum Gasteiger partial charge on any atom is -0.422 e. The number of pyridine rings is 1. The summed E-state index contributed by atoms with van der Waals surface area (Å²) in [6.07, 6.45) is 0.739. The molecule has 4 aromatic rings. The van der Waals surface area contributed by atoms with Crippen LogP contribution in [0.2, 0.25) is 5.15 Å². The van der Waals surface area contributed by atoms with E-state index in [1.165, 1.54) is 0 Å². The van der Waals surface area contributed by atoms with Crippen LogP contribution in [0.5, 0.6) is 0 Å². The summed E-state index contributed by atoms with van der Waals surface area (Å²) in [5.74, 6) is 1.51. The molecule has 0 aliphatic carbocycles. The zero-order valence-corrected chi connectivity index (χ0v) is 19.1. The zero-order chi connectivity index (χ0) is 22.9. The van der Waals surface area contributed by atoms with Gasteiger partial charge in [0.15, 0.2) is 5.58 Å². The molecule has 1 saturated heterocycles. The fraction of sp³-hybridized carbons (Fsp3) is 0.348. The van der Waals surface area contributed by atoms with Crippen molar-refractivity contribution in [3.05, 3.63) is 53.0 Å². The smallest absolute Gasteiger partial charge is 0.300 e. The molecule has 0 unspecified atom stereocenters. The number of halogens is 1. The maximum Gasteiger partial charge on any atom is 0.300 e. The Morgan fingerprint density at radius 3 is 2.48 bits per heavy atom.